The summed E-state index contributed by atoms with van der Waals surface area (Å²) in [5, 5.41) is 0. The van der Waals surface area contributed by atoms with Crippen molar-refractivity contribution in [1.29, 1.82) is 0 Å². The first-order chi connectivity index (χ1) is 30.5. The molecule has 5 heteroatoms. The van der Waals surface area contributed by atoms with Gasteiger partial charge in [-0.1, -0.05) is 108 Å². The average molecular weight is 881 g/mol. The first-order valence-electron chi connectivity index (χ1n) is 22.0. The predicted octanol–water partition coefficient (Wildman–Crippen LogP) is 11.9. The maximum Gasteiger partial charge on any atom is -0.0540 e. The van der Waals surface area contributed by atoms with Gasteiger partial charge >= 0.3 is 225 Å². The molecule has 63 heavy (non-hydrogen) atoms. The van der Waals surface area contributed by atoms with Gasteiger partial charge < -0.3 is 0 Å². The number of pyridine rings is 1. The first-order valence-corrected chi connectivity index (χ1v) is 26.2. The van der Waals surface area contributed by atoms with Gasteiger partial charge in [-0.3, -0.25) is 0 Å². The number of hydrogen-bond acceptors (Lipinski definition) is 4. The fourth-order valence-corrected chi connectivity index (χ4v) is 20.2. The Balaban J connectivity index is 0.972. The largest absolute Gasteiger partial charge is 0.0579 e. The van der Waals surface area contributed by atoms with Gasteiger partial charge in [-0.15, -0.1) is 0 Å². The number of nitrogens with zero attached hydrogens (tertiary/aromatic N) is 3. The van der Waals surface area contributed by atoms with E-state index in [-0.39, 0.29) is 10.8 Å². The molecule has 2 aliphatic heterocycles. The van der Waals surface area contributed by atoms with E-state index in [0.717, 1.165) is 22.9 Å². The second-order valence-corrected chi connectivity index (χ2v) is 26.8. The molecular weight excluding hydrogens is 827 g/mol. The summed E-state index contributed by atoms with van der Waals surface area (Å²) in [6.07, 6.45) is 6.32. The summed E-state index contributed by atoms with van der Waals surface area (Å²) in [6, 6.07) is 66.7. The monoisotopic (exact) mass is 881 g/mol. The standard InChI is InChI=1S/C58H53GeN3O/c1-57(2,3)43-29-25-41(26-30-43)50-22-14-23-51(42-27-31-44(32-28-42)58(4,5)6)56(50)62-37-36-61(40-62)47-20-13-21-48(38-47)63-49-33-34-53-52(39-49)55-54(24-15-35-60-55)59(53,45-16-9-7-10-17-45)46-18-11-8-12-19-46/h7-39H,40H2,1-6H3. The van der Waals surface area contributed by atoms with Crippen LogP contribution in [0.1, 0.15) is 52.7 Å². The van der Waals surface area contributed by atoms with E-state index in [1.807, 2.05) is 12.3 Å². The molecule has 7 aromatic carbocycles. The Labute approximate surface area is 375 Å². The fraction of sp³-hybridized carbons (Fsp3) is 0.155. The van der Waals surface area contributed by atoms with Gasteiger partial charge in [-0.25, -0.2) is 0 Å². The van der Waals surface area contributed by atoms with Crippen molar-refractivity contribution in [1.82, 2.24) is 4.98 Å². The van der Waals surface area contributed by atoms with E-state index in [1.165, 1.54) is 62.2 Å². The average Bonchev–Trinajstić information content (AvgIpc) is 3.91. The number of benzene rings is 7. The maximum atomic E-state index is 6.76. The van der Waals surface area contributed by atoms with Crippen LogP contribution in [0.2, 0.25) is 0 Å². The minimum absolute atomic E-state index is 0.0797. The van der Waals surface area contributed by atoms with Gasteiger partial charge in [0.2, 0.25) is 0 Å². The van der Waals surface area contributed by atoms with Crippen molar-refractivity contribution in [2.75, 3.05) is 16.5 Å². The first kappa shape index (κ1) is 40.4. The normalized spacial score (nSPS) is 14.1. The smallest absolute Gasteiger partial charge is 0.0540 e. The van der Waals surface area contributed by atoms with Crippen LogP contribution in [0.25, 0.3) is 33.5 Å². The van der Waals surface area contributed by atoms with Crippen molar-refractivity contribution >= 4 is 42.2 Å². The zero-order valence-electron chi connectivity index (χ0n) is 37.0. The third-order valence-electron chi connectivity index (χ3n) is 12.8. The van der Waals surface area contributed by atoms with E-state index >= 15 is 0 Å². The van der Waals surface area contributed by atoms with E-state index in [4.69, 9.17) is 9.72 Å². The molecule has 0 unspecified atom stereocenters. The Morgan fingerprint density at radius 3 is 1.62 bits per heavy atom. The molecule has 0 saturated heterocycles. The van der Waals surface area contributed by atoms with Crippen LogP contribution in [-0.4, -0.2) is 24.9 Å². The molecule has 0 N–H and O–H groups in total. The number of anilines is 2. The molecule has 0 fully saturated rings. The molecule has 3 heterocycles. The summed E-state index contributed by atoms with van der Waals surface area (Å²) in [5.74, 6) is 1.59. The van der Waals surface area contributed by atoms with Crippen LogP contribution in [0.4, 0.5) is 11.4 Å². The molecule has 1 aromatic heterocycles. The molecule has 0 radical (unpaired) electrons. The molecule has 2 aliphatic rings. The molecule has 310 valence electrons. The molecule has 0 atom stereocenters. The Morgan fingerprint density at radius 1 is 0.476 bits per heavy atom. The quantitative estimate of drug-likeness (QED) is 0.142. The molecule has 0 spiro atoms. The van der Waals surface area contributed by atoms with Crippen molar-refractivity contribution in [2.24, 2.45) is 0 Å². The van der Waals surface area contributed by atoms with E-state index in [9.17, 15) is 0 Å². The van der Waals surface area contributed by atoms with Crippen LogP contribution in [0.15, 0.2) is 201 Å². The number of fused-ring (bicyclic) bond motifs is 3. The van der Waals surface area contributed by atoms with E-state index < -0.39 is 13.3 Å². The number of ether oxygens (including phenoxy) is 1. The molecule has 4 nitrogen and oxygen atoms in total. The summed E-state index contributed by atoms with van der Waals surface area (Å²) < 4.78 is 12.3. The topological polar surface area (TPSA) is 28.6 Å². The van der Waals surface area contributed by atoms with Gasteiger partial charge in [-0.2, -0.15) is 0 Å². The van der Waals surface area contributed by atoms with Crippen LogP contribution in [0.3, 0.4) is 0 Å². The minimum atomic E-state index is -3.35. The third kappa shape index (κ3) is 7.36. The number of rotatable bonds is 8. The van der Waals surface area contributed by atoms with Gasteiger partial charge in [0.1, 0.15) is 0 Å². The number of para-hydroxylation sites is 1. The van der Waals surface area contributed by atoms with E-state index in [1.54, 1.807) is 0 Å². The molecular formula is C58H53GeN3O. The Morgan fingerprint density at radius 2 is 1.03 bits per heavy atom. The molecule has 0 saturated carbocycles. The SMILES string of the molecule is CC(C)(C)c1ccc(-c2cccc(-c3ccc(C(C)(C)C)cc3)c2N2C=CN(c3cccc(Oc4cc[c]5c(c4)-c4nccc[c]4[Ge]5([c]4ccccc4)[c]4ccccc4)c3)C2)cc1. The fourth-order valence-electron chi connectivity index (χ4n) is 9.55. The van der Waals surface area contributed by atoms with Crippen molar-refractivity contribution in [3.05, 3.63) is 212 Å². The van der Waals surface area contributed by atoms with Gasteiger partial charge in [-0.05, 0) is 33.1 Å². The zero-order valence-corrected chi connectivity index (χ0v) is 39.1. The van der Waals surface area contributed by atoms with Crippen LogP contribution in [0, 0.1) is 0 Å². The molecule has 10 rings (SSSR count). The summed E-state index contributed by atoms with van der Waals surface area (Å²) in [5.41, 5.74) is 12.1. The predicted molar refractivity (Wildman–Crippen MR) is 267 cm³/mol. The molecule has 0 amide bonds. The Hall–Kier alpha value is -6.63. The maximum absolute atomic E-state index is 6.76. The summed E-state index contributed by atoms with van der Waals surface area (Å²) in [6.45, 7) is 14.3. The Kier molecular flexibility index (Phi) is 10.2. The van der Waals surface area contributed by atoms with Gasteiger partial charge in [0.05, 0.1) is 0 Å². The van der Waals surface area contributed by atoms with Crippen LogP contribution >= 0.6 is 0 Å². The molecule has 8 aromatic rings. The van der Waals surface area contributed by atoms with Crippen LogP contribution < -0.4 is 32.1 Å². The van der Waals surface area contributed by atoms with Crippen LogP contribution in [-0.2, 0) is 10.8 Å². The summed E-state index contributed by atoms with van der Waals surface area (Å²) >= 11 is -3.35. The molecule has 0 bridgehead atoms. The third-order valence-corrected chi connectivity index (χ3v) is 23.0. The second-order valence-electron chi connectivity index (χ2n) is 18.9. The molecule has 0 aliphatic carbocycles. The van der Waals surface area contributed by atoms with Crippen LogP contribution in [0.5, 0.6) is 11.5 Å². The minimum Gasteiger partial charge on any atom is -0.0579 e. The summed E-state index contributed by atoms with van der Waals surface area (Å²) in [7, 11) is 0. The number of hydrogen-bond donors (Lipinski definition) is 0. The van der Waals surface area contributed by atoms with Crippen molar-refractivity contribution in [3.8, 4) is 45.0 Å². The Bertz CT molecular complexity index is 2850. The van der Waals surface area contributed by atoms with Crippen molar-refractivity contribution in [2.45, 2.75) is 52.4 Å². The zero-order chi connectivity index (χ0) is 43.3. The van der Waals surface area contributed by atoms with Crippen molar-refractivity contribution < 1.29 is 4.74 Å². The summed E-state index contributed by atoms with van der Waals surface area (Å²) in [4.78, 5) is 9.72. The number of aromatic nitrogens is 1. The van der Waals surface area contributed by atoms with Gasteiger partial charge in [0.15, 0.2) is 0 Å². The van der Waals surface area contributed by atoms with E-state index in [0.29, 0.717) is 6.67 Å². The van der Waals surface area contributed by atoms with Gasteiger partial charge in [0, 0.05) is 11.1 Å². The van der Waals surface area contributed by atoms with Gasteiger partial charge in [0.25, 0.3) is 0 Å². The second kappa shape index (κ2) is 15.9. The van der Waals surface area contributed by atoms with Crippen molar-refractivity contribution in [3.63, 3.8) is 0 Å². The van der Waals surface area contributed by atoms with E-state index in [2.05, 4.69) is 240 Å².